The lowest BCUT2D eigenvalue weighted by molar-refractivity contribution is -0.124. The molecule has 1 aromatic heterocycles. The molecule has 1 unspecified atom stereocenters. The lowest BCUT2D eigenvalue weighted by Gasteiger charge is -2.28. The number of aromatic nitrogens is 1. The first kappa shape index (κ1) is 21.3. The van der Waals surface area contributed by atoms with Crippen molar-refractivity contribution in [3.63, 3.8) is 0 Å². The third-order valence-corrected chi connectivity index (χ3v) is 7.26. The normalized spacial score (nSPS) is 21.3. The van der Waals surface area contributed by atoms with Crippen molar-refractivity contribution in [2.75, 3.05) is 0 Å². The summed E-state index contributed by atoms with van der Waals surface area (Å²) in [5, 5.41) is 6.26. The minimum Gasteiger partial charge on any atom is -0.361 e. The molecule has 2 aliphatic rings. The Labute approximate surface area is 200 Å². The molecule has 6 nitrogen and oxygen atoms in total. The van der Waals surface area contributed by atoms with Crippen molar-refractivity contribution in [2.24, 2.45) is 5.92 Å². The van der Waals surface area contributed by atoms with Gasteiger partial charge < -0.3 is 10.3 Å². The van der Waals surface area contributed by atoms with E-state index in [1.807, 2.05) is 54.7 Å². The fourth-order valence-corrected chi connectivity index (χ4v) is 5.42. The van der Waals surface area contributed by atoms with Crippen molar-refractivity contribution in [1.82, 2.24) is 15.6 Å². The van der Waals surface area contributed by atoms with Gasteiger partial charge in [0.1, 0.15) is 11.4 Å². The Morgan fingerprint density at radius 3 is 2.51 bits per heavy atom. The number of amides is 3. The molecule has 0 spiro atoms. The molecule has 2 atom stereocenters. The number of imide groups is 1. The topological polar surface area (TPSA) is 91.1 Å². The Kier molecular flexibility index (Phi) is 4.81. The number of para-hydroxylation sites is 1. The summed E-state index contributed by atoms with van der Waals surface area (Å²) in [5.74, 6) is -1.35. The minimum atomic E-state index is -1.27. The van der Waals surface area contributed by atoms with Crippen LogP contribution in [0.5, 0.6) is 0 Å². The van der Waals surface area contributed by atoms with Gasteiger partial charge in [-0.1, -0.05) is 48.5 Å². The quantitative estimate of drug-likeness (QED) is 0.367. The van der Waals surface area contributed by atoms with Crippen LogP contribution in [0.15, 0.2) is 72.9 Å². The lowest BCUT2D eigenvalue weighted by Crippen LogP contribution is -2.44. The smallest absolute Gasteiger partial charge is 0.322 e. The van der Waals surface area contributed by atoms with Gasteiger partial charge in [-0.25, -0.2) is 9.18 Å². The van der Waals surface area contributed by atoms with Crippen LogP contribution in [0.1, 0.15) is 34.3 Å². The molecule has 0 radical (unpaired) electrons. The average Bonchev–Trinajstić information content (AvgIpc) is 3.52. The van der Waals surface area contributed by atoms with Gasteiger partial charge in [0.25, 0.3) is 5.91 Å². The van der Waals surface area contributed by atoms with Crippen molar-refractivity contribution >= 4 is 28.6 Å². The highest BCUT2D eigenvalue weighted by Gasteiger charge is 2.48. The van der Waals surface area contributed by atoms with Crippen molar-refractivity contribution in [3.8, 4) is 11.1 Å². The summed E-state index contributed by atoms with van der Waals surface area (Å²) >= 11 is 0. The summed E-state index contributed by atoms with van der Waals surface area (Å²) in [6.07, 6.45) is 3.09. The van der Waals surface area contributed by atoms with Crippen LogP contribution in [-0.4, -0.2) is 22.7 Å². The molecule has 174 valence electrons. The minimum absolute atomic E-state index is 0.117. The van der Waals surface area contributed by atoms with Gasteiger partial charge in [-0.2, -0.15) is 0 Å². The lowest BCUT2D eigenvalue weighted by atomic mass is 9.81. The first-order chi connectivity index (χ1) is 16.9. The summed E-state index contributed by atoms with van der Waals surface area (Å²) < 4.78 is 13.6. The molecule has 3 amide bonds. The fourth-order valence-electron chi connectivity index (χ4n) is 5.42. The number of H-pyrrole nitrogens is 1. The molecule has 0 saturated carbocycles. The maximum Gasteiger partial charge on any atom is 0.322 e. The fraction of sp³-hybridized carbons (Fsp3) is 0.179. The van der Waals surface area contributed by atoms with Gasteiger partial charge in [-0.15, -0.1) is 0 Å². The van der Waals surface area contributed by atoms with Gasteiger partial charge in [0, 0.05) is 34.1 Å². The van der Waals surface area contributed by atoms with Crippen molar-refractivity contribution in [1.29, 1.82) is 0 Å². The molecular formula is C28H22FN3O3. The van der Waals surface area contributed by atoms with Crippen LogP contribution in [0.25, 0.3) is 22.0 Å². The number of carbonyl (C=O) groups is 3. The number of hydrogen-bond donors (Lipinski definition) is 3. The van der Waals surface area contributed by atoms with Crippen molar-refractivity contribution in [3.05, 3.63) is 95.4 Å². The molecule has 1 saturated heterocycles. The number of hydrogen-bond acceptors (Lipinski definition) is 3. The second-order valence-electron chi connectivity index (χ2n) is 9.24. The average molecular weight is 468 g/mol. The zero-order valence-corrected chi connectivity index (χ0v) is 18.7. The summed E-state index contributed by atoms with van der Waals surface area (Å²) in [6.45, 7) is 0. The van der Waals surface area contributed by atoms with E-state index in [9.17, 15) is 18.8 Å². The van der Waals surface area contributed by atoms with E-state index in [-0.39, 0.29) is 18.1 Å². The number of rotatable bonds is 5. The van der Waals surface area contributed by atoms with E-state index < -0.39 is 23.3 Å². The molecular weight excluding hydrogens is 445 g/mol. The standard InChI is InChI=1S/C28H22FN3O3/c29-20-10-7-17-13-18(25(33)22(17)14-20)11-12-28(26(34)31-27(35)32-28)19-8-5-16(6-9-19)23-15-30-24-4-2-1-3-21(23)24/h1-10,14-15,18,30H,11-13H2,(H2,31,32,34,35)/t18?,28-/m0/s1. The van der Waals surface area contributed by atoms with Gasteiger partial charge in [0.05, 0.1) is 0 Å². The first-order valence-electron chi connectivity index (χ1n) is 11.6. The third kappa shape index (κ3) is 3.43. The number of carbonyl (C=O) groups excluding carboxylic acids is 3. The second-order valence-corrected chi connectivity index (χ2v) is 9.24. The molecule has 6 rings (SSSR count). The molecule has 0 bridgehead atoms. The Balaban J connectivity index is 1.29. The molecule has 2 heterocycles. The molecule has 1 aliphatic carbocycles. The van der Waals surface area contributed by atoms with Crippen LogP contribution in [0.3, 0.4) is 0 Å². The second kappa shape index (κ2) is 7.91. The third-order valence-electron chi connectivity index (χ3n) is 7.26. The first-order valence-corrected chi connectivity index (χ1v) is 11.6. The zero-order valence-electron chi connectivity index (χ0n) is 18.7. The SMILES string of the molecule is O=C1NC(=O)[C@](CCC2Cc3ccc(F)cc3C2=O)(c2ccc(-c3c[nH]c4ccccc34)cc2)N1. The Bertz CT molecular complexity index is 1510. The Hall–Kier alpha value is -4.26. The van der Waals surface area contributed by atoms with E-state index in [4.69, 9.17) is 0 Å². The van der Waals surface area contributed by atoms with Crippen LogP contribution >= 0.6 is 0 Å². The number of benzene rings is 3. The van der Waals surface area contributed by atoms with Crippen LogP contribution in [-0.2, 0) is 16.8 Å². The molecule has 7 heteroatoms. The van der Waals surface area contributed by atoms with Gasteiger partial charge in [0.2, 0.25) is 0 Å². The predicted octanol–water partition coefficient (Wildman–Crippen LogP) is 4.84. The maximum absolute atomic E-state index is 13.6. The van der Waals surface area contributed by atoms with E-state index in [1.54, 1.807) is 6.07 Å². The summed E-state index contributed by atoms with van der Waals surface area (Å²) in [4.78, 5) is 41.3. The van der Waals surface area contributed by atoms with Crippen molar-refractivity contribution in [2.45, 2.75) is 24.8 Å². The Morgan fingerprint density at radius 1 is 0.943 bits per heavy atom. The number of fused-ring (bicyclic) bond motifs is 2. The number of aromatic amines is 1. The monoisotopic (exact) mass is 467 g/mol. The largest absolute Gasteiger partial charge is 0.361 e. The van der Waals surface area contributed by atoms with E-state index in [0.717, 1.165) is 27.6 Å². The maximum atomic E-state index is 13.6. The number of ketones is 1. The van der Waals surface area contributed by atoms with Gasteiger partial charge in [0.15, 0.2) is 5.78 Å². The van der Waals surface area contributed by atoms with Crippen LogP contribution in [0.2, 0.25) is 0 Å². The molecule has 3 N–H and O–H groups in total. The predicted molar refractivity (Wildman–Crippen MR) is 129 cm³/mol. The highest BCUT2D eigenvalue weighted by molar-refractivity contribution is 6.08. The summed E-state index contributed by atoms with van der Waals surface area (Å²) in [6, 6.07) is 19.3. The summed E-state index contributed by atoms with van der Waals surface area (Å²) in [5.41, 5.74) is 3.67. The number of halogens is 1. The van der Waals surface area contributed by atoms with Gasteiger partial charge >= 0.3 is 6.03 Å². The molecule has 3 aromatic carbocycles. The van der Waals surface area contributed by atoms with Crippen molar-refractivity contribution < 1.29 is 18.8 Å². The highest BCUT2D eigenvalue weighted by atomic mass is 19.1. The molecule has 35 heavy (non-hydrogen) atoms. The van der Waals surface area contributed by atoms with E-state index in [2.05, 4.69) is 15.6 Å². The van der Waals surface area contributed by atoms with Crippen LogP contribution in [0, 0.1) is 11.7 Å². The van der Waals surface area contributed by atoms with Crippen LogP contribution < -0.4 is 10.6 Å². The number of Topliss-reactive ketones (excluding diaryl/α,β-unsaturated/α-hetero) is 1. The number of nitrogens with one attached hydrogen (secondary N) is 3. The van der Waals surface area contributed by atoms with Gasteiger partial charge in [-0.05, 0) is 54.2 Å². The Morgan fingerprint density at radius 2 is 1.74 bits per heavy atom. The summed E-state index contributed by atoms with van der Waals surface area (Å²) in [7, 11) is 0. The van der Waals surface area contributed by atoms with E-state index >= 15 is 0 Å². The van der Waals surface area contributed by atoms with Crippen LogP contribution in [0.4, 0.5) is 9.18 Å². The highest BCUT2D eigenvalue weighted by Crippen LogP contribution is 2.37. The van der Waals surface area contributed by atoms with E-state index in [0.29, 0.717) is 24.0 Å². The molecule has 4 aromatic rings. The molecule has 1 fully saturated rings. The van der Waals surface area contributed by atoms with E-state index in [1.165, 1.54) is 12.1 Å². The van der Waals surface area contributed by atoms with Gasteiger partial charge in [-0.3, -0.25) is 14.9 Å². The number of urea groups is 1. The molecule has 1 aliphatic heterocycles. The zero-order chi connectivity index (χ0) is 24.2.